The molecule has 2 aliphatic heterocycles. The van der Waals surface area contributed by atoms with E-state index in [4.69, 9.17) is 21.1 Å². The van der Waals surface area contributed by atoms with Crippen molar-refractivity contribution in [3.05, 3.63) is 74.7 Å². The Morgan fingerprint density at radius 1 is 1.27 bits per heavy atom. The minimum absolute atomic E-state index is 0.0524. The lowest BCUT2D eigenvalue weighted by Gasteiger charge is -2.31. The summed E-state index contributed by atoms with van der Waals surface area (Å²) >= 11 is 6.50. The summed E-state index contributed by atoms with van der Waals surface area (Å²) in [5.41, 5.74) is 1.04. The van der Waals surface area contributed by atoms with Crippen LogP contribution in [-0.2, 0) is 28.6 Å². The third-order valence-corrected chi connectivity index (χ3v) is 7.28. The minimum Gasteiger partial charge on any atom is -0.382 e. The number of halogens is 4. The maximum atomic E-state index is 13.8. The normalized spacial score (nSPS) is 19.1. The van der Waals surface area contributed by atoms with Crippen LogP contribution in [0, 0.1) is 0 Å². The van der Waals surface area contributed by atoms with Crippen LogP contribution in [0.1, 0.15) is 54.0 Å². The molecule has 0 radical (unpaired) electrons. The lowest BCUT2D eigenvalue weighted by atomic mass is 9.99. The van der Waals surface area contributed by atoms with Gasteiger partial charge in [0.1, 0.15) is 5.02 Å². The van der Waals surface area contributed by atoms with Crippen molar-refractivity contribution in [2.75, 3.05) is 31.8 Å². The molecule has 4 heterocycles. The van der Waals surface area contributed by atoms with E-state index >= 15 is 0 Å². The molecule has 0 N–H and O–H groups in total. The quantitative estimate of drug-likeness (QED) is 0.457. The molecule has 37 heavy (non-hydrogen) atoms. The van der Waals surface area contributed by atoms with Crippen molar-refractivity contribution < 1.29 is 22.6 Å². The Morgan fingerprint density at radius 2 is 2.08 bits per heavy atom. The lowest BCUT2D eigenvalue weighted by Crippen LogP contribution is -2.36. The number of hydrogen-bond donors (Lipinski definition) is 0. The molecule has 5 rings (SSSR count). The first-order valence-electron chi connectivity index (χ1n) is 12.1. The van der Waals surface area contributed by atoms with Crippen LogP contribution in [0.5, 0.6) is 0 Å². The first-order chi connectivity index (χ1) is 17.8. The largest absolute Gasteiger partial charge is 0.416 e. The molecule has 12 heteroatoms. The summed E-state index contributed by atoms with van der Waals surface area (Å²) in [7, 11) is 1.46. The summed E-state index contributed by atoms with van der Waals surface area (Å²) in [4.78, 5) is 19.4. The van der Waals surface area contributed by atoms with Crippen LogP contribution in [0.3, 0.4) is 0 Å². The number of imidazole rings is 1. The fourth-order valence-electron chi connectivity index (χ4n) is 5.11. The van der Waals surface area contributed by atoms with E-state index in [0.29, 0.717) is 43.9 Å². The molecule has 1 fully saturated rings. The van der Waals surface area contributed by atoms with Gasteiger partial charge in [0, 0.05) is 32.4 Å². The second-order valence-electron chi connectivity index (χ2n) is 9.19. The van der Waals surface area contributed by atoms with Gasteiger partial charge in [-0.1, -0.05) is 29.8 Å². The monoisotopic (exact) mass is 537 g/mol. The average Bonchev–Trinajstić information content (AvgIpc) is 3.32. The van der Waals surface area contributed by atoms with Gasteiger partial charge in [0.15, 0.2) is 6.23 Å². The summed E-state index contributed by atoms with van der Waals surface area (Å²) < 4.78 is 55.3. The molecule has 0 bridgehead atoms. The van der Waals surface area contributed by atoms with Gasteiger partial charge in [-0.25, -0.2) is 4.98 Å². The fourth-order valence-corrected chi connectivity index (χ4v) is 5.36. The number of ether oxygens (including phenoxy) is 2. The molecule has 2 atom stereocenters. The number of benzene rings is 1. The summed E-state index contributed by atoms with van der Waals surface area (Å²) in [6.07, 6.45) is 1.31. The Balaban J connectivity index is 1.43. The molecule has 0 spiro atoms. The minimum atomic E-state index is -4.49. The standard InChI is InChI=1S/C25H27ClF3N5O3/c1-36-14-21(16-6-2-3-7-17(16)25(27,28)29)33-15-30-18-13-32(10-9-19(18)33)20-12-31-34(24(35)23(20)26)22-8-4-5-11-37-22/h2-3,6-7,12,15,21-22H,4-5,8-11,13-14H2,1H3. The second-order valence-corrected chi connectivity index (χ2v) is 9.57. The van der Waals surface area contributed by atoms with E-state index in [1.165, 1.54) is 23.9 Å². The van der Waals surface area contributed by atoms with Crippen molar-refractivity contribution in [2.24, 2.45) is 0 Å². The van der Waals surface area contributed by atoms with E-state index in [-0.39, 0.29) is 17.2 Å². The van der Waals surface area contributed by atoms with Gasteiger partial charge in [-0.15, -0.1) is 0 Å². The van der Waals surface area contributed by atoms with Gasteiger partial charge < -0.3 is 18.9 Å². The summed E-state index contributed by atoms with van der Waals surface area (Å²) in [6, 6.07) is 4.83. The number of alkyl halides is 3. The molecule has 1 aromatic carbocycles. The van der Waals surface area contributed by atoms with Gasteiger partial charge in [0.05, 0.1) is 48.7 Å². The first kappa shape index (κ1) is 25.7. The topological polar surface area (TPSA) is 74.4 Å². The smallest absolute Gasteiger partial charge is 0.382 e. The molecule has 2 aromatic heterocycles. The van der Waals surface area contributed by atoms with E-state index in [9.17, 15) is 18.0 Å². The molecule has 3 aromatic rings. The average molecular weight is 538 g/mol. The van der Waals surface area contributed by atoms with Gasteiger partial charge in [0.25, 0.3) is 5.56 Å². The Labute approximate surface area is 216 Å². The van der Waals surface area contributed by atoms with Crippen LogP contribution in [0.2, 0.25) is 5.02 Å². The van der Waals surface area contributed by atoms with E-state index in [2.05, 4.69) is 10.1 Å². The zero-order valence-electron chi connectivity index (χ0n) is 20.2. The predicted octanol–water partition coefficient (Wildman–Crippen LogP) is 4.61. The van der Waals surface area contributed by atoms with Crippen LogP contribution >= 0.6 is 11.6 Å². The molecule has 2 unspecified atom stereocenters. The third kappa shape index (κ3) is 4.99. The van der Waals surface area contributed by atoms with Crippen LogP contribution in [-0.4, -0.2) is 46.2 Å². The van der Waals surface area contributed by atoms with Gasteiger partial charge in [-0.3, -0.25) is 4.79 Å². The molecule has 2 aliphatic rings. The van der Waals surface area contributed by atoms with E-state index in [1.807, 2.05) is 4.90 Å². The van der Waals surface area contributed by atoms with Crippen molar-refractivity contribution in [3.63, 3.8) is 0 Å². The SMILES string of the molecule is COCC(c1ccccc1C(F)(F)F)n1cnc2c1CCN(c1cnn(C3CCCCO3)c(=O)c1Cl)C2. The number of fused-ring (bicyclic) bond motifs is 1. The molecule has 0 amide bonds. The van der Waals surface area contributed by atoms with Crippen molar-refractivity contribution in [1.82, 2.24) is 19.3 Å². The Morgan fingerprint density at radius 3 is 2.81 bits per heavy atom. The predicted molar refractivity (Wildman–Crippen MR) is 131 cm³/mol. The number of rotatable bonds is 6. The Hall–Kier alpha value is -2.89. The first-order valence-corrected chi connectivity index (χ1v) is 12.5. The summed E-state index contributed by atoms with van der Waals surface area (Å²) in [6.45, 7) is 1.46. The number of anilines is 1. The van der Waals surface area contributed by atoms with Crippen molar-refractivity contribution >= 4 is 17.3 Å². The maximum Gasteiger partial charge on any atom is 0.416 e. The van der Waals surface area contributed by atoms with Gasteiger partial charge in [0.2, 0.25) is 0 Å². The van der Waals surface area contributed by atoms with Gasteiger partial charge >= 0.3 is 6.18 Å². The lowest BCUT2D eigenvalue weighted by molar-refractivity contribution is -0.138. The van der Waals surface area contributed by atoms with Crippen LogP contribution < -0.4 is 10.5 Å². The molecule has 198 valence electrons. The van der Waals surface area contributed by atoms with Crippen LogP contribution in [0.4, 0.5) is 18.9 Å². The van der Waals surface area contributed by atoms with Gasteiger partial charge in [-0.2, -0.15) is 23.0 Å². The number of aromatic nitrogens is 4. The zero-order chi connectivity index (χ0) is 26.2. The number of nitrogens with zero attached hydrogens (tertiary/aromatic N) is 5. The Bertz CT molecular complexity index is 1320. The van der Waals surface area contributed by atoms with Crippen LogP contribution in [0.15, 0.2) is 41.6 Å². The van der Waals surface area contributed by atoms with E-state index < -0.39 is 29.6 Å². The highest BCUT2D eigenvalue weighted by atomic mass is 35.5. The van der Waals surface area contributed by atoms with Gasteiger partial charge in [-0.05, 0) is 30.9 Å². The fraction of sp³-hybridized carbons (Fsp3) is 0.480. The molecular formula is C25H27ClF3N5O3. The van der Waals surface area contributed by atoms with Crippen molar-refractivity contribution in [3.8, 4) is 0 Å². The third-order valence-electron chi connectivity index (χ3n) is 6.92. The summed E-state index contributed by atoms with van der Waals surface area (Å²) in [5.74, 6) is 0. The van der Waals surface area contributed by atoms with E-state index in [0.717, 1.165) is 24.6 Å². The van der Waals surface area contributed by atoms with E-state index in [1.54, 1.807) is 23.2 Å². The Kier molecular flexibility index (Phi) is 7.28. The van der Waals surface area contributed by atoms with Crippen LogP contribution in [0.25, 0.3) is 0 Å². The molecule has 0 aliphatic carbocycles. The molecule has 8 nitrogen and oxygen atoms in total. The zero-order valence-corrected chi connectivity index (χ0v) is 21.0. The molecule has 0 saturated carbocycles. The van der Waals surface area contributed by atoms with Crippen molar-refractivity contribution in [1.29, 1.82) is 0 Å². The highest BCUT2D eigenvalue weighted by Crippen LogP contribution is 2.37. The highest BCUT2D eigenvalue weighted by Gasteiger charge is 2.36. The number of methoxy groups -OCH3 is 1. The summed E-state index contributed by atoms with van der Waals surface area (Å²) in [5, 5.41) is 4.39. The van der Waals surface area contributed by atoms with Crippen molar-refractivity contribution in [2.45, 2.75) is 50.7 Å². The maximum absolute atomic E-state index is 13.8. The molecular weight excluding hydrogens is 511 g/mol. The molecule has 1 saturated heterocycles. The number of hydrogen-bond acceptors (Lipinski definition) is 6. The second kappa shape index (κ2) is 10.5. The highest BCUT2D eigenvalue weighted by molar-refractivity contribution is 6.33.